The van der Waals surface area contributed by atoms with Gasteiger partial charge in [-0.3, -0.25) is 0 Å². The van der Waals surface area contributed by atoms with Crippen LogP contribution in [0.3, 0.4) is 0 Å². The van der Waals surface area contributed by atoms with E-state index in [1.807, 2.05) is 18.2 Å². The van der Waals surface area contributed by atoms with E-state index in [1.165, 1.54) is 0 Å². The lowest BCUT2D eigenvalue weighted by Crippen LogP contribution is -2.04. The number of ether oxygens (including phenoxy) is 3. The first-order valence-electron chi connectivity index (χ1n) is 5.46. The van der Waals surface area contributed by atoms with E-state index in [9.17, 15) is 0 Å². The molecule has 2 rings (SSSR count). The molecule has 0 unspecified atom stereocenters. The third-order valence-corrected chi connectivity index (χ3v) is 2.54. The van der Waals surface area contributed by atoms with E-state index in [1.54, 1.807) is 0 Å². The monoisotopic (exact) mass is 242 g/mol. The molecule has 0 radical (unpaired) electrons. The van der Waals surface area contributed by atoms with Crippen molar-refractivity contribution in [3.05, 3.63) is 28.8 Å². The molecule has 0 saturated carbocycles. The number of hydrogen-bond donors (Lipinski definition) is 0. The Kier molecular flexibility index (Phi) is 4.04. The summed E-state index contributed by atoms with van der Waals surface area (Å²) in [4.78, 5) is 0. The second-order valence-corrected chi connectivity index (χ2v) is 4.04. The summed E-state index contributed by atoms with van der Waals surface area (Å²) >= 11 is 5.96. The van der Waals surface area contributed by atoms with Gasteiger partial charge in [-0.15, -0.1) is 0 Å². The van der Waals surface area contributed by atoms with Gasteiger partial charge in [-0.1, -0.05) is 18.5 Å². The molecule has 88 valence electrons. The summed E-state index contributed by atoms with van der Waals surface area (Å²) in [6, 6.07) is 5.51. The number of hydrogen-bond acceptors (Lipinski definition) is 3. The summed E-state index contributed by atoms with van der Waals surface area (Å²) in [5, 5.41) is 0.665. The molecule has 0 aliphatic carbocycles. The molecule has 0 bridgehead atoms. The molecule has 1 aromatic carbocycles. The van der Waals surface area contributed by atoms with Crippen LogP contribution < -0.4 is 4.74 Å². The fourth-order valence-electron chi connectivity index (χ4n) is 1.58. The lowest BCUT2D eigenvalue weighted by molar-refractivity contribution is -0.0457. The zero-order chi connectivity index (χ0) is 11.4. The van der Waals surface area contributed by atoms with Crippen LogP contribution in [0, 0.1) is 0 Å². The Bertz CT molecular complexity index is 348. The van der Waals surface area contributed by atoms with E-state index in [0.717, 1.165) is 17.7 Å². The highest BCUT2D eigenvalue weighted by molar-refractivity contribution is 6.30. The molecule has 0 N–H and O–H groups in total. The summed E-state index contributed by atoms with van der Waals surface area (Å²) in [5.74, 6) is 0.790. The molecule has 1 aromatic rings. The van der Waals surface area contributed by atoms with Crippen molar-refractivity contribution in [2.45, 2.75) is 19.6 Å². The van der Waals surface area contributed by atoms with Crippen molar-refractivity contribution < 1.29 is 14.2 Å². The maximum Gasteiger partial charge on any atom is 0.187 e. The van der Waals surface area contributed by atoms with Crippen molar-refractivity contribution in [2.75, 3.05) is 19.8 Å². The Labute approximate surface area is 100 Å². The average Bonchev–Trinajstić information content (AvgIpc) is 2.80. The zero-order valence-corrected chi connectivity index (χ0v) is 10.00. The van der Waals surface area contributed by atoms with E-state index < -0.39 is 0 Å². The summed E-state index contributed by atoms with van der Waals surface area (Å²) < 4.78 is 16.5. The number of halogens is 1. The molecule has 0 spiro atoms. The van der Waals surface area contributed by atoms with Gasteiger partial charge >= 0.3 is 0 Å². The summed E-state index contributed by atoms with van der Waals surface area (Å²) in [6.45, 7) is 3.98. The highest BCUT2D eigenvalue weighted by Gasteiger charge is 2.22. The van der Waals surface area contributed by atoms with E-state index in [4.69, 9.17) is 25.8 Å². The van der Waals surface area contributed by atoms with E-state index >= 15 is 0 Å². The van der Waals surface area contributed by atoms with Crippen LogP contribution >= 0.6 is 11.6 Å². The van der Waals surface area contributed by atoms with Crippen molar-refractivity contribution in [3.63, 3.8) is 0 Å². The molecule has 1 aliphatic rings. The quantitative estimate of drug-likeness (QED) is 0.812. The molecular formula is C12H15ClO3. The summed E-state index contributed by atoms with van der Waals surface area (Å²) in [7, 11) is 0. The maximum atomic E-state index is 5.96. The van der Waals surface area contributed by atoms with Gasteiger partial charge in [0.25, 0.3) is 0 Å². The molecule has 0 atom stereocenters. The van der Waals surface area contributed by atoms with Gasteiger partial charge in [-0.2, -0.15) is 0 Å². The smallest absolute Gasteiger partial charge is 0.187 e. The average molecular weight is 243 g/mol. The van der Waals surface area contributed by atoms with Gasteiger partial charge in [0.2, 0.25) is 0 Å². The Morgan fingerprint density at radius 1 is 1.38 bits per heavy atom. The first-order valence-corrected chi connectivity index (χ1v) is 5.84. The van der Waals surface area contributed by atoms with Crippen LogP contribution in [0.15, 0.2) is 18.2 Å². The molecule has 16 heavy (non-hydrogen) atoms. The normalized spacial score (nSPS) is 16.6. The standard InChI is InChI=1S/C12H15ClO3/c1-2-5-14-11-4-3-9(13)8-10(11)12-15-6-7-16-12/h3-4,8,12H,2,5-7H2,1H3. The molecule has 0 aromatic heterocycles. The number of benzene rings is 1. The van der Waals surface area contributed by atoms with Crippen molar-refractivity contribution in [3.8, 4) is 5.75 Å². The predicted octanol–water partition coefficient (Wildman–Crippen LogP) is 3.17. The van der Waals surface area contributed by atoms with E-state index in [2.05, 4.69) is 6.92 Å². The molecule has 1 heterocycles. The summed E-state index contributed by atoms with van der Waals surface area (Å²) in [5.41, 5.74) is 0.874. The van der Waals surface area contributed by atoms with Crippen LogP contribution in [0.25, 0.3) is 0 Å². The molecule has 0 amide bonds. The molecular weight excluding hydrogens is 228 g/mol. The first kappa shape index (κ1) is 11.7. The highest BCUT2D eigenvalue weighted by Crippen LogP contribution is 2.33. The third-order valence-electron chi connectivity index (χ3n) is 2.31. The topological polar surface area (TPSA) is 27.7 Å². The Hall–Kier alpha value is -0.770. The molecule has 1 fully saturated rings. The van der Waals surface area contributed by atoms with Crippen LogP contribution in [0.4, 0.5) is 0 Å². The summed E-state index contributed by atoms with van der Waals surface area (Å²) in [6.07, 6.45) is 0.625. The zero-order valence-electron chi connectivity index (χ0n) is 9.24. The van der Waals surface area contributed by atoms with Gasteiger partial charge in [0, 0.05) is 5.02 Å². The lowest BCUT2D eigenvalue weighted by Gasteiger charge is -2.15. The first-order chi connectivity index (χ1) is 7.81. The number of rotatable bonds is 4. The predicted molar refractivity (Wildman–Crippen MR) is 61.9 cm³/mol. The SMILES string of the molecule is CCCOc1ccc(Cl)cc1C1OCCO1. The lowest BCUT2D eigenvalue weighted by atomic mass is 10.2. The van der Waals surface area contributed by atoms with Crippen molar-refractivity contribution in [1.29, 1.82) is 0 Å². The molecule has 1 aliphatic heterocycles. The van der Waals surface area contributed by atoms with Crippen LogP contribution in [-0.2, 0) is 9.47 Å². The van der Waals surface area contributed by atoms with E-state index in [0.29, 0.717) is 24.8 Å². The van der Waals surface area contributed by atoms with Gasteiger partial charge < -0.3 is 14.2 Å². The van der Waals surface area contributed by atoms with Crippen molar-refractivity contribution in [1.82, 2.24) is 0 Å². The molecule has 4 heteroatoms. The fraction of sp³-hybridized carbons (Fsp3) is 0.500. The molecule has 3 nitrogen and oxygen atoms in total. The maximum absolute atomic E-state index is 5.96. The van der Waals surface area contributed by atoms with Gasteiger partial charge in [0.1, 0.15) is 5.75 Å². The minimum absolute atomic E-state index is 0.342. The van der Waals surface area contributed by atoms with Gasteiger partial charge in [0.05, 0.1) is 25.4 Å². The third kappa shape index (κ3) is 2.67. The highest BCUT2D eigenvalue weighted by atomic mass is 35.5. The minimum atomic E-state index is -0.342. The fourth-order valence-corrected chi connectivity index (χ4v) is 1.77. The van der Waals surface area contributed by atoms with Gasteiger partial charge in [-0.05, 0) is 24.6 Å². The second-order valence-electron chi connectivity index (χ2n) is 3.60. The second kappa shape index (κ2) is 5.53. The minimum Gasteiger partial charge on any atom is -0.493 e. The van der Waals surface area contributed by atoms with E-state index in [-0.39, 0.29) is 6.29 Å². The molecule has 1 saturated heterocycles. The van der Waals surface area contributed by atoms with Gasteiger partial charge in [0.15, 0.2) is 6.29 Å². The van der Waals surface area contributed by atoms with Crippen LogP contribution in [-0.4, -0.2) is 19.8 Å². The van der Waals surface area contributed by atoms with Crippen LogP contribution in [0.1, 0.15) is 25.2 Å². The Morgan fingerprint density at radius 2 is 2.12 bits per heavy atom. The van der Waals surface area contributed by atoms with Crippen molar-refractivity contribution in [2.24, 2.45) is 0 Å². The van der Waals surface area contributed by atoms with Crippen molar-refractivity contribution >= 4 is 11.6 Å². The van der Waals surface area contributed by atoms with Gasteiger partial charge in [-0.25, -0.2) is 0 Å². The largest absolute Gasteiger partial charge is 0.493 e. The van der Waals surface area contributed by atoms with Crippen LogP contribution in [0.5, 0.6) is 5.75 Å². The Balaban J connectivity index is 2.21. The van der Waals surface area contributed by atoms with Crippen LogP contribution in [0.2, 0.25) is 5.02 Å². The Morgan fingerprint density at radius 3 is 2.81 bits per heavy atom.